The van der Waals surface area contributed by atoms with Crippen LogP contribution in [-0.2, 0) is 6.54 Å². The van der Waals surface area contributed by atoms with Gasteiger partial charge in [-0.25, -0.2) is 0 Å². The predicted octanol–water partition coefficient (Wildman–Crippen LogP) is 3.30. The molecule has 15 heavy (non-hydrogen) atoms. The molecule has 1 rings (SSSR count). The van der Waals surface area contributed by atoms with Gasteiger partial charge in [0.05, 0.1) is 0 Å². The van der Waals surface area contributed by atoms with Crippen LogP contribution < -0.4 is 5.32 Å². The van der Waals surface area contributed by atoms with E-state index >= 15 is 0 Å². The van der Waals surface area contributed by atoms with Gasteiger partial charge >= 0.3 is 0 Å². The summed E-state index contributed by atoms with van der Waals surface area (Å²) >= 11 is 0. The fourth-order valence-electron chi connectivity index (χ4n) is 1.52. The minimum atomic E-state index is 0.459. The Morgan fingerprint density at radius 1 is 1.07 bits per heavy atom. The van der Waals surface area contributed by atoms with Crippen LogP contribution in [0.5, 0.6) is 0 Å². The van der Waals surface area contributed by atoms with Crippen LogP contribution in [0.4, 0.5) is 0 Å². The van der Waals surface area contributed by atoms with Gasteiger partial charge in [0, 0.05) is 12.6 Å². The number of hydrogen-bond donors (Lipinski definition) is 1. The van der Waals surface area contributed by atoms with Gasteiger partial charge in [0.15, 0.2) is 0 Å². The van der Waals surface area contributed by atoms with Crippen molar-refractivity contribution in [3.63, 3.8) is 0 Å². The van der Waals surface area contributed by atoms with Gasteiger partial charge in [0.1, 0.15) is 0 Å². The molecule has 0 atom stereocenters. The van der Waals surface area contributed by atoms with Gasteiger partial charge < -0.3 is 5.32 Å². The minimum absolute atomic E-state index is 0.459. The molecule has 1 aromatic carbocycles. The molecule has 1 heteroatoms. The molecule has 1 aromatic rings. The van der Waals surface area contributed by atoms with Crippen LogP contribution in [0.25, 0.3) is 0 Å². The van der Waals surface area contributed by atoms with Gasteiger partial charge in [-0.1, -0.05) is 42.5 Å². The monoisotopic (exact) mass is 201 g/mol. The van der Waals surface area contributed by atoms with Crippen molar-refractivity contribution in [1.82, 2.24) is 5.32 Å². The third-order valence-electron chi connectivity index (χ3n) is 2.34. The topological polar surface area (TPSA) is 12.0 Å². The summed E-state index contributed by atoms with van der Waals surface area (Å²) in [5, 5.41) is 3.50. The maximum Gasteiger partial charge on any atom is 0.0208 e. The molecule has 0 amide bonds. The van der Waals surface area contributed by atoms with Gasteiger partial charge in [-0.2, -0.15) is 0 Å². The first-order valence-corrected chi connectivity index (χ1v) is 5.36. The Morgan fingerprint density at radius 3 is 2.20 bits per heavy atom. The van der Waals surface area contributed by atoms with E-state index in [0.717, 1.165) is 19.4 Å². The van der Waals surface area contributed by atoms with Crippen molar-refractivity contribution in [3.05, 3.63) is 61.2 Å². The van der Waals surface area contributed by atoms with Crippen molar-refractivity contribution in [2.45, 2.75) is 25.4 Å². The van der Waals surface area contributed by atoms with Crippen molar-refractivity contribution < 1.29 is 0 Å². The summed E-state index contributed by atoms with van der Waals surface area (Å²) in [6.07, 6.45) is 5.87. The lowest BCUT2D eigenvalue weighted by atomic mass is 10.1. The van der Waals surface area contributed by atoms with Crippen LogP contribution in [0.15, 0.2) is 55.6 Å². The van der Waals surface area contributed by atoms with Crippen LogP contribution in [-0.4, -0.2) is 6.04 Å². The summed E-state index contributed by atoms with van der Waals surface area (Å²) in [6.45, 7) is 8.44. The Morgan fingerprint density at radius 2 is 1.67 bits per heavy atom. The summed E-state index contributed by atoms with van der Waals surface area (Å²) in [6, 6.07) is 10.9. The lowest BCUT2D eigenvalue weighted by Gasteiger charge is -2.15. The average molecular weight is 201 g/mol. The van der Waals surface area contributed by atoms with E-state index in [1.807, 2.05) is 18.2 Å². The van der Waals surface area contributed by atoms with E-state index in [1.54, 1.807) is 0 Å². The van der Waals surface area contributed by atoms with Gasteiger partial charge in [-0.05, 0) is 18.4 Å². The predicted molar refractivity (Wildman–Crippen MR) is 66.7 cm³/mol. The van der Waals surface area contributed by atoms with E-state index in [-0.39, 0.29) is 0 Å². The van der Waals surface area contributed by atoms with E-state index in [9.17, 15) is 0 Å². The van der Waals surface area contributed by atoms with Gasteiger partial charge in [-0.3, -0.25) is 0 Å². The Hall–Kier alpha value is -1.34. The van der Waals surface area contributed by atoms with Crippen molar-refractivity contribution in [3.8, 4) is 0 Å². The van der Waals surface area contributed by atoms with Crippen LogP contribution in [0.3, 0.4) is 0 Å². The fourth-order valence-corrected chi connectivity index (χ4v) is 1.52. The van der Waals surface area contributed by atoms with E-state index in [0.29, 0.717) is 6.04 Å². The first-order valence-electron chi connectivity index (χ1n) is 5.36. The summed E-state index contributed by atoms with van der Waals surface area (Å²) in [7, 11) is 0. The number of rotatable bonds is 7. The molecule has 0 spiro atoms. The smallest absolute Gasteiger partial charge is 0.0208 e. The Bertz CT molecular complexity index is 279. The second-order valence-electron chi connectivity index (χ2n) is 3.61. The standard InChI is InChI=1S/C14H19N/c1-3-8-14(9-4-2)15-12-13-10-6-5-7-11-13/h3-7,10-11,14-15H,1-2,8-9,12H2. The number of hydrogen-bond acceptors (Lipinski definition) is 1. The van der Waals surface area contributed by atoms with E-state index in [2.05, 4.69) is 42.7 Å². The molecule has 0 saturated carbocycles. The maximum absolute atomic E-state index is 3.76. The highest BCUT2D eigenvalue weighted by atomic mass is 14.9. The largest absolute Gasteiger partial charge is 0.309 e. The lowest BCUT2D eigenvalue weighted by molar-refractivity contribution is 0.520. The molecule has 0 radical (unpaired) electrons. The molecular weight excluding hydrogens is 182 g/mol. The molecular formula is C14H19N. The van der Waals surface area contributed by atoms with Crippen molar-refractivity contribution in [1.29, 1.82) is 0 Å². The van der Waals surface area contributed by atoms with Crippen molar-refractivity contribution >= 4 is 0 Å². The molecule has 0 fully saturated rings. The summed E-state index contributed by atoms with van der Waals surface area (Å²) in [5.41, 5.74) is 1.32. The number of nitrogens with one attached hydrogen (secondary N) is 1. The third kappa shape index (κ3) is 4.61. The minimum Gasteiger partial charge on any atom is -0.309 e. The summed E-state index contributed by atoms with van der Waals surface area (Å²) in [4.78, 5) is 0. The lowest BCUT2D eigenvalue weighted by Crippen LogP contribution is -2.27. The molecule has 80 valence electrons. The zero-order valence-corrected chi connectivity index (χ0v) is 9.15. The molecule has 0 bridgehead atoms. The van der Waals surface area contributed by atoms with Crippen molar-refractivity contribution in [2.24, 2.45) is 0 Å². The molecule has 1 nitrogen and oxygen atoms in total. The van der Waals surface area contributed by atoms with Crippen LogP contribution in [0.1, 0.15) is 18.4 Å². The normalized spacial score (nSPS) is 10.2. The van der Waals surface area contributed by atoms with Crippen LogP contribution in [0.2, 0.25) is 0 Å². The second kappa shape index (κ2) is 7.02. The van der Waals surface area contributed by atoms with E-state index in [4.69, 9.17) is 0 Å². The summed E-state index contributed by atoms with van der Waals surface area (Å²) < 4.78 is 0. The zero-order chi connectivity index (χ0) is 10.9. The van der Waals surface area contributed by atoms with Crippen LogP contribution in [0, 0.1) is 0 Å². The average Bonchev–Trinajstić information content (AvgIpc) is 2.28. The Kier molecular flexibility index (Phi) is 5.49. The molecule has 0 aliphatic carbocycles. The molecule has 0 aliphatic heterocycles. The SMILES string of the molecule is C=CCC(CC=C)NCc1ccccc1. The summed E-state index contributed by atoms with van der Waals surface area (Å²) in [5.74, 6) is 0. The molecule has 0 unspecified atom stereocenters. The molecule has 0 saturated heterocycles. The highest BCUT2D eigenvalue weighted by molar-refractivity contribution is 5.14. The van der Waals surface area contributed by atoms with Crippen molar-refractivity contribution in [2.75, 3.05) is 0 Å². The fraction of sp³-hybridized carbons (Fsp3) is 0.286. The van der Waals surface area contributed by atoms with Gasteiger partial charge in [0.25, 0.3) is 0 Å². The number of benzene rings is 1. The molecule has 0 aromatic heterocycles. The van der Waals surface area contributed by atoms with E-state index < -0.39 is 0 Å². The van der Waals surface area contributed by atoms with Gasteiger partial charge in [0.2, 0.25) is 0 Å². The molecule has 0 heterocycles. The van der Waals surface area contributed by atoms with E-state index in [1.165, 1.54) is 5.56 Å². The highest BCUT2D eigenvalue weighted by Gasteiger charge is 2.03. The van der Waals surface area contributed by atoms with Gasteiger partial charge in [-0.15, -0.1) is 13.2 Å². The third-order valence-corrected chi connectivity index (χ3v) is 2.34. The first-order chi connectivity index (χ1) is 7.36. The first kappa shape index (κ1) is 11.7. The van der Waals surface area contributed by atoms with Crippen LogP contribution >= 0.6 is 0 Å². The Balaban J connectivity index is 2.39. The zero-order valence-electron chi connectivity index (χ0n) is 9.15. The molecule has 1 N–H and O–H groups in total. The Labute approximate surface area is 92.5 Å². The second-order valence-corrected chi connectivity index (χ2v) is 3.61. The maximum atomic E-state index is 3.76. The quantitative estimate of drug-likeness (QED) is 0.667. The molecule has 0 aliphatic rings. The highest BCUT2D eigenvalue weighted by Crippen LogP contribution is 2.03.